The number of amides is 1. The van der Waals surface area contributed by atoms with E-state index in [0.717, 1.165) is 53.3 Å². The molecule has 0 unspecified atom stereocenters. The van der Waals surface area contributed by atoms with Gasteiger partial charge in [0.15, 0.2) is 0 Å². The standard InChI is InChI=1S/C35H40N6O3S/c1-39-16-14-25(15-17-39)22-40(2)35(42)33-20-28-12-13-30(21-36)37-34(28)41(33)23-29-19-31(18-27-10-6-7-11-32(27)29)38-45(43,44)24-26-8-4-3-5-9-26/h3-13,18-20,25,38H,14-17,21-24,36H2,1-2H3. The van der Waals surface area contributed by atoms with Crippen molar-refractivity contribution in [3.05, 3.63) is 107 Å². The van der Waals surface area contributed by atoms with Gasteiger partial charge < -0.3 is 20.1 Å². The number of pyridine rings is 1. The molecule has 3 heterocycles. The lowest BCUT2D eigenvalue weighted by Gasteiger charge is -2.31. The summed E-state index contributed by atoms with van der Waals surface area (Å²) in [5, 5.41) is 2.72. The molecular formula is C35H40N6O3S. The van der Waals surface area contributed by atoms with Crippen LogP contribution >= 0.6 is 0 Å². The van der Waals surface area contributed by atoms with Gasteiger partial charge in [0, 0.05) is 31.2 Å². The van der Waals surface area contributed by atoms with Gasteiger partial charge in [0.2, 0.25) is 10.0 Å². The SMILES string of the molecule is CN1CCC(CN(C)C(=O)c2cc3ccc(CN)nc3n2Cc2cc(NS(=O)(=O)Cc3ccccc3)cc3ccccc23)CC1. The van der Waals surface area contributed by atoms with Crippen molar-refractivity contribution in [2.75, 3.05) is 38.5 Å². The van der Waals surface area contributed by atoms with Gasteiger partial charge in [0.25, 0.3) is 5.91 Å². The summed E-state index contributed by atoms with van der Waals surface area (Å²) in [6.07, 6.45) is 2.13. The average Bonchev–Trinajstić information content (AvgIpc) is 3.39. The molecule has 0 saturated carbocycles. The minimum absolute atomic E-state index is 0.0646. The Balaban J connectivity index is 1.37. The second kappa shape index (κ2) is 13.0. The number of nitrogens with two attached hydrogens (primary N) is 1. The largest absolute Gasteiger partial charge is 0.340 e. The minimum Gasteiger partial charge on any atom is -0.340 e. The number of rotatable bonds is 10. The molecule has 2 aromatic heterocycles. The molecule has 3 aromatic carbocycles. The van der Waals surface area contributed by atoms with Gasteiger partial charge in [-0.1, -0.05) is 54.6 Å². The zero-order valence-corrected chi connectivity index (χ0v) is 26.6. The van der Waals surface area contributed by atoms with Crippen LogP contribution < -0.4 is 10.5 Å². The molecule has 5 aromatic rings. The Hall–Kier alpha value is -4.25. The molecule has 10 heteroatoms. The predicted octanol–water partition coefficient (Wildman–Crippen LogP) is 5.05. The summed E-state index contributed by atoms with van der Waals surface area (Å²) in [7, 11) is 0.336. The number of benzene rings is 3. The van der Waals surface area contributed by atoms with E-state index in [4.69, 9.17) is 10.7 Å². The van der Waals surface area contributed by atoms with Crippen LogP contribution in [0.5, 0.6) is 0 Å². The first-order valence-corrected chi connectivity index (χ1v) is 17.0. The molecule has 3 N–H and O–H groups in total. The predicted molar refractivity (Wildman–Crippen MR) is 181 cm³/mol. The Morgan fingerprint density at radius 1 is 0.978 bits per heavy atom. The number of hydrogen-bond acceptors (Lipinski definition) is 6. The van der Waals surface area contributed by atoms with Crippen molar-refractivity contribution >= 4 is 43.4 Å². The molecule has 1 saturated heterocycles. The maximum absolute atomic E-state index is 14.1. The highest BCUT2D eigenvalue weighted by atomic mass is 32.2. The second-order valence-electron chi connectivity index (χ2n) is 12.2. The van der Waals surface area contributed by atoms with Gasteiger partial charge in [-0.15, -0.1) is 0 Å². The van der Waals surface area contributed by atoms with Gasteiger partial charge in [-0.05, 0) is 91.1 Å². The van der Waals surface area contributed by atoms with Crippen LogP contribution in [0.1, 0.15) is 40.2 Å². The fourth-order valence-corrected chi connectivity index (χ4v) is 7.47. The fourth-order valence-electron chi connectivity index (χ4n) is 6.29. The van der Waals surface area contributed by atoms with Crippen molar-refractivity contribution in [1.82, 2.24) is 19.4 Å². The smallest absolute Gasteiger partial charge is 0.270 e. The van der Waals surface area contributed by atoms with Crippen LogP contribution in [0.4, 0.5) is 5.69 Å². The Kier molecular flexibility index (Phi) is 8.89. The minimum atomic E-state index is -3.68. The number of fused-ring (bicyclic) bond motifs is 2. The molecule has 1 amide bonds. The first-order chi connectivity index (χ1) is 21.7. The summed E-state index contributed by atoms with van der Waals surface area (Å²) < 4.78 is 31.1. The van der Waals surface area contributed by atoms with E-state index in [1.165, 1.54) is 0 Å². The lowest BCUT2D eigenvalue weighted by atomic mass is 9.96. The molecule has 1 aliphatic rings. The highest BCUT2D eigenvalue weighted by Crippen LogP contribution is 2.29. The third kappa shape index (κ3) is 7.03. The molecule has 234 valence electrons. The van der Waals surface area contributed by atoms with Gasteiger partial charge in [-0.3, -0.25) is 9.52 Å². The van der Waals surface area contributed by atoms with E-state index in [9.17, 15) is 13.2 Å². The molecule has 0 spiro atoms. The fraction of sp³-hybridized carbons (Fsp3) is 0.314. The zero-order valence-electron chi connectivity index (χ0n) is 25.8. The number of carbonyl (C=O) groups excluding carboxylic acids is 1. The summed E-state index contributed by atoms with van der Waals surface area (Å²) in [5.74, 6) is 0.261. The van der Waals surface area contributed by atoms with Gasteiger partial charge in [0.05, 0.1) is 18.0 Å². The molecular weight excluding hydrogens is 584 g/mol. The van der Waals surface area contributed by atoms with Gasteiger partial charge >= 0.3 is 0 Å². The quantitative estimate of drug-likeness (QED) is 0.225. The van der Waals surface area contributed by atoms with Crippen LogP contribution in [-0.4, -0.2) is 67.4 Å². The van der Waals surface area contributed by atoms with E-state index >= 15 is 0 Å². The summed E-state index contributed by atoms with van der Waals surface area (Å²) in [5.41, 5.74) is 9.96. The van der Waals surface area contributed by atoms with E-state index in [-0.39, 0.29) is 18.2 Å². The normalized spacial score (nSPS) is 14.6. The number of nitrogens with one attached hydrogen (secondary N) is 1. The highest BCUT2D eigenvalue weighted by molar-refractivity contribution is 7.91. The first kappa shape index (κ1) is 30.8. The lowest BCUT2D eigenvalue weighted by Crippen LogP contribution is -2.38. The molecule has 1 fully saturated rings. The number of nitrogens with zero attached hydrogens (tertiary/aromatic N) is 4. The van der Waals surface area contributed by atoms with Gasteiger partial charge in [0.1, 0.15) is 11.3 Å². The summed E-state index contributed by atoms with van der Waals surface area (Å²) in [4.78, 5) is 23.1. The van der Waals surface area contributed by atoms with Crippen LogP contribution in [0.15, 0.2) is 84.9 Å². The molecule has 6 rings (SSSR count). The molecule has 1 aliphatic heterocycles. The van der Waals surface area contributed by atoms with E-state index in [1.807, 2.05) is 89.3 Å². The number of anilines is 1. The maximum Gasteiger partial charge on any atom is 0.270 e. The van der Waals surface area contributed by atoms with Crippen LogP contribution in [0.25, 0.3) is 21.8 Å². The van der Waals surface area contributed by atoms with E-state index in [2.05, 4.69) is 16.7 Å². The monoisotopic (exact) mass is 624 g/mol. The summed E-state index contributed by atoms with van der Waals surface area (Å²) in [6, 6.07) is 26.5. The van der Waals surface area contributed by atoms with Crippen molar-refractivity contribution in [2.45, 2.75) is 31.7 Å². The van der Waals surface area contributed by atoms with Crippen molar-refractivity contribution in [3.8, 4) is 0 Å². The third-order valence-electron chi connectivity index (χ3n) is 8.70. The third-order valence-corrected chi connectivity index (χ3v) is 9.96. The van der Waals surface area contributed by atoms with Gasteiger partial charge in [-0.2, -0.15) is 0 Å². The van der Waals surface area contributed by atoms with Crippen LogP contribution in [0.3, 0.4) is 0 Å². The van der Waals surface area contributed by atoms with Crippen LogP contribution in [-0.2, 0) is 28.9 Å². The summed E-state index contributed by atoms with van der Waals surface area (Å²) >= 11 is 0. The van der Waals surface area contributed by atoms with Crippen molar-refractivity contribution < 1.29 is 13.2 Å². The van der Waals surface area contributed by atoms with Crippen molar-refractivity contribution in [2.24, 2.45) is 11.7 Å². The van der Waals surface area contributed by atoms with Crippen LogP contribution in [0.2, 0.25) is 0 Å². The average molecular weight is 625 g/mol. The number of aromatic nitrogens is 2. The topological polar surface area (TPSA) is 114 Å². The van der Waals surface area contributed by atoms with E-state index < -0.39 is 10.0 Å². The number of hydrogen-bond donors (Lipinski definition) is 2. The van der Waals surface area contributed by atoms with Gasteiger partial charge in [-0.25, -0.2) is 13.4 Å². The van der Waals surface area contributed by atoms with Crippen molar-refractivity contribution in [1.29, 1.82) is 0 Å². The Morgan fingerprint density at radius 2 is 1.71 bits per heavy atom. The highest BCUT2D eigenvalue weighted by Gasteiger charge is 2.25. The van der Waals surface area contributed by atoms with Crippen LogP contribution in [0, 0.1) is 5.92 Å². The molecule has 0 bridgehead atoms. The van der Waals surface area contributed by atoms with E-state index in [0.29, 0.717) is 41.6 Å². The number of piperidine rings is 1. The van der Waals surface area contributed by atoms with E-state index in [1.54, 1.807) is 12.1 Å². The first-order valence-electron chi connectivity index (χ1n) is 15.4. The lowest BCUT2D eigenvalue weighted by molar-refractivity contribution is 0.0737. The number of likely N-dealkylation sites (tertiary alicyclic amines) is 1. The number of sulfonamides is 1. The molecule has 0 aliphatic carbocycles. The Labute approximate surface area is 264 Å². The molecule has 0 radical (unpaired) electrons. The zero-order chi connectivity index (χ0) is 31.6. The van der Waals surface area contributed by atoms with Crippen molar-refractivity contribution in [3.63, 3.8) is 0 Å². The summed E-state index contributed by atoms with van der Waals surface area (Å²) in [6.45, 7) is 3.37. The second-order valence-corrected chi connectivity index (χ2v) is 13.9. The Bertz CT molecular complexity index is 1930. The molecule has 9 nitrogen and oxygen atoms in total. The Morgan fingerprint density at radius 3 is 2.47 bits per heavy atom. The number of carbonyl (C=O) groups is 1. The molecule has 0 atom stereocenters. The maximum atomic E-state index is 14.1. The molecule has 45 heavy (non-hydrogen) atoms.